The van der Waals surface area contributed by atoms with Gasteiger partial charge in [-0.2, -0.15) is 0 Å². The number of carbonyl (C=O) groups is 1. The zero-order valence-corrected chi connectivity index (χ0v) is 20.7. The maximum absolute atomic E-state index is 13.2. The van der Waals surface area contributed by atoms with Crippen LogP contribution in [-0.4, -0.2) is 40.0 Å². The van der Waals surface area contributed by atoms with Gasteiger partial charge in [0, 0.05) is 29.9 Å². The number of thioether (sulfide) groups is 1. The fraction of sp³-hybridized carbons (Fsp3) is 0.400. The standard InChI is InChI=1S/C25H28ClN3O3S/c1-16(2)32-12-6-11-28-24(31)20-10-9-19(26)14-21(20)27-25(28)33-15-23(30)29-17(3)13-18-7-4-5-8-22(18)29/h4-5,7-10,14,16-17H,6,11-13,15H2,1-3H3. The predicted octanol–water partition coefficient (Wildman–Crippen LogP) is 4.93. The number of fused-ring (bicyclic) bond motifs is 2. The van der Waals surface area contributed by atoms with Crippen molar-refractivity contribution in [1.29, 1.82) is 0 Å². The van der Waals surface area contributed by atoms with E-state index in [4.69, 9.17) is 21.3 Å². The van der Waals surface area contributed by atoms with Crippen LogP contribution in [0.25, 0.3) is 10.9 Å². The number of carbonyl (C=O) groups excluding carboxylic acids is 1. The van der Waals surface area contributed by atoms with E-state index in [0.29, 0.717) is 40.7 Å². The third-order valence-corrected chi connectivity index (χ3v) is 6.86. The summed E-state index contributed by atoms with van der Waals surface area (Å²) in [6, 6.07) is 13.2. The number of amides is 1. The molecule has 6 nitrogen and oxygen atoms in total. The van der Waals surface area contributed by atoms with Crippen LogP contribution in [0.2, 0.25) is 5.02 Å². The third-order valence-electron chi connectivity index (χ3n) is 5.66. The summed E-state index contributed by atoms with van der Waals surface area (Å²) in [6.45, 7) is 7.05. The molecule has 8 heteroatoms. The second-order valence-corrected chi connectivity index (χ2v) is 9.90. The molecule has 0 bridgehead atoms. The molecule has 0 radical (unpaired) electrons. The van der Waals surface area contributed by atoms with E-state index in [-0.39, 0.29) is 29.4 Å². The molecule has 2 aromatic carbocycles. The molecule has 1 atom stereocenters. The molecule has 1 unspecified atom stereocenters. The smallest absolute Gasteiger partial charge is 0.262 e. The Hall–Kier alpha value is -2.35. The van der Waals surface area contributed by atoms with Gasteiger partial charge in [-0.05, 0) is 63.4 Å². The van der Waals surface area contributed by atoms with E-state index in [9.17, 15) is 9.59 Å². The highest BCUT2D eigenvalue weighted by atomic mass is 35.5. The molecule has 0 spiro atoms. The molecule has 0 fully saturated rings. The summed E-state index contributed by atoms with van der Waals surface area (Å²) in [5.41, 5.74) is 2.56. The van der Waals surface area contributed by atoms with E-state index in [2.05, 4.69) is 13.0 Å². The SMILES string of the molecule is CC(C)OCCCn1c(SCC(=O)N2c3ccccc3CC2C)nc2cc(Cl)ccc2c1=O. The highest BCUT2D eigenvalue weighted by Gasteiger charge is 2.30. The van der Waals surface area contributed by atoms with Crippen LogP contribution in [0.1, 0.15) is 32.8 Å². The van der Waals surface area contributed by atoms with Gasteiger partial charge in [0.05, 0.1) is 22.8 Å². The van der Waals surface area contributed by atoms with Crippen molar-refractivity contribution in [2.24, 2.45) is 0 Å². The topological polar surface area (TPSA) is 64.4 Å². The number of para-hydroxylation sites is 1. The Kier molecular flexibility index (Phi) is 7.41. The van der Waals surface area contributed by atoms with Crippen molar-refractivity contribution >= 4 is 45.9 Å². The number of halogens is 1. The van der Waals surface area contributed by atoms with Gasteiger partial charge < -0.3 is 9.64 Å². The molecule has 0 saturated heterocycles. The lowest BCUT2D eigenvalue weighted by molar-refractivity contribution is -0.116. The van der Waals surface area contributed by atoms with Crippen LogP contribution < -0.4 is 10.5 Å². The Balaban J connectivity index is 1.58. The fourth-order valence-corrected chi connectivity index (χ4v) is 5.22. The number of aromatic nitrogens is 2. The molecule has 1 aliphatic rings. The molecule has 0 N–H and O–H groups in total. The van der Waals surface area contributed by atoms with Crippen molar-refractivity contribution < 1.29 is 9.53 Å². The number of benzene rings is 2. The fourth-order valence-electron chi connectivity index (χ4n) is 4.16. The number of anilines is 1. The lowest BCUT2D eigenvalue weighted by atomic mass is 10.1. The molecule has 4 rings (SSSR count). The molecule has 33 heavy (non-hydrogen) atoms. The number of ether oxygens (including phenoxy) is 1. The van der Waals surface area contributed by atoms with Crippen molar-refractivity contribution in [2.45, 2.75) is 57.5 Å². The van der Waals surface area contributed by atoms with Gasteiger partial charge in [-0.3, -0.25) is 14.2 Å². The second-order valence-electron chi connectivity index (χ2n) is 8.52. The minimum atomic E-state index is -0.129. The summed E-state index contributed by atoms with van der Waals surface area (Å²) in [7, 11) is 0. The quantitative estimate of drug-likeness (QED) is 0.257. The minimum absolute atomic E-state index is 0.00702. The van der Waals surface area contributed by atoms with Gasteiger partial charge in [-0.25, -0.2) is 4.98 Å². The minimum Gasteiger partial charge on any atom is -0.379 e. The number of hydrogen-bond acceptors (Lipinski definition) is 5. The summed E-state index contributed by atoms with van der Waals surface area (Å²) in [4.78, 5) is 33.0. The number of hydrogen-bond donors (Lipinski definition) is 0. The average Bonchev–Trinajstić information content (AvgIpc) is 3.11. The van der Waals surface area contributed by atoms with Gasteiger partial charge in [0.1, 0.15) is 0 Å². The lowest BCUT2D eigenvalue weighted by Gasteiger charge is -2.23. The van der Waals surface area contributed by atoms with Gasteiger partial charge in [0.25, 0.3) is 5.56 Å². The van der Waals surface area contributed by atoms with Gasteiger partial charge in [-0.1, -0.05) is 41.6 Å². The predicted molar refractivity (Wildman–Crippen MR) is 135 cm³/mol. The largest absolute Gasteiger partial charge is 0.379 e. The summed E-state index contributed by atoms with van der Waals surface area (Å²) in [6.07, 6.45) is 1.66. The van der Waals surface area contributed by atoms with E-state index in [1.165, 1.54) is 17.3 Å². The van der Waals surface area contributed by atoms with Crippen LogP contribution in [-0.2, 0) is 22.5 Å². The molecule has 174 valence electrons. The molecule has 1 aromatic heterocycles. The second kappa shape index (κ2) is 10.3. The van der Waals surface area contributed by atoms with Crippen molar-refractivity contribution in [3.63, 3.8) is 0 Å². The molecule has 0 aliphatic carbocycles. The van der Waals surface area contributed by atoms with Crippen LogP contribution >= 0.6 is 23.4 Å². The highest BCUT2D eigenvalue weighted by molar-refractivity contribution is 7.99. The van der Waals surface area contributed by atoms with Gasteiger partial charge >= 0.3 is 0 Å². The Morgan fingerprint density at radius 1 is 1.27 bits per heavy atom. The molecular weight excluding hydrogens is 458 g/mol. The van der Waals surface area contributed by atoms with Gasteiger partial charge in [-0.15, -0.1) is 0 Å². The molecular formula is C25H28ClN3O3S. The Labute approximate surface area is 202 Å². The van der Waals surface area contributed by atoms with Crippen LogP contribution in [0.3, 0.4) is 0 Å². The summed E-state index contributed by atoms with van der Waals surface area (Å²) >= 11 is 7.43. The molecule has 1 amide bonds. The zero-order chi connectivity index (χ0) is 23.5. The van der Waals surface area contributed by atoms with Crippen LogP contribution in [0.15, 0.2) is 52.4 Å². The molecule has 0 saturated carbocycles. The van der Waals surface area contributed by atoms with E-state index < -0.39 is 0 Å². The Morgan fingerprint density at radius 3 is 2.85 bits per heavy atom. The van der Waals surface area contributed by atoms with Crippen LogP contribution in [0.5, 0.6) is 0 Å². The molecule has 1 aliphatic heterocycles. The van der Waals surface area contributed by atoms with Gasteiger partial charge in [0.2, 0.25) is 5.91 Å². The first kappa shape index (κ1) is 23.8. The summed E-state index contributed by atoms with van der Waals surface area (Å²) in [5.74, 6) is 0.201. The normalized spacial score (nSPS) is 15.4. The first-order valence-corrected chi connectivity index (χ1v) is 12.6. The van der Waals surface area contributed by atoms with Crippen LogP contribution in [0.4, 0.5) is 5.69 Å². The third kappa shape index (κ3) is 5.26. The van der Waals surface area contributed by atoms with Crippen molar-refractivity contribution in [3.05, 3.63) is 63.4 Å². The first-order chi connectivity index (χ1) is 15.8. The van der Waals surface area contributed by atoms with E-state index >= 15 is 0 Å². The summed E-state index contributed by atoms with van der Waals surface area (Å²) in [5, 5.41) is 1.56. The van der Waals surface area contributed by atoms with Gasteiger partial charge in [0.15, 0.2) is 5.16 Å². The molecule has 2 heterocycles. The maximum atomic E-state index is 13.2. The van der Waals surface area contributed by atoms with E-state index in [0.717, 1.165) is 12.1 Å². The first-order valence-electron chi connectivity index (χ1n) is 11.2. The average molecular weight is 486 g/mol. The van der Waals surface area contributed by atoms with Crippen molar-refractivity contribution in [2.75, 3.05) is 17.3 Å². The van der Waals surface area contributed by atoms with E-state index in [1.54, 1.807) is 22.8 Å². The van der Waals surface area contributed by atoms with Crippen LogP contribution in [0, 0.1) is 0 Å². The lowest BCUT2D eigenvalue weighted by Crippen LogP contribution is -2.37. The maximum Gasteiger partial charge on any atom is 0.262 e. The monoisotopic (exact) mass is 485 g/mol. The van der Waals surface area contributed by atoms with Crippen molar-refractivity contribution in [1.82, 2.24) is 9.55 Å². The van der Waals surface area contributed by atoms with E-state index in [1.807, 2.05) is 36.9 Å². The Morgan fingerprint density at radius 2 is 2.06 bits per heavy atom. The zero-order valence-electron chi connectivity index (χ0n) is 19.1. The number of rotatable bonds is 8. The summed E-state index contributed by atoms with van der Waals surface area (Å²) < 4.78 is 7.29. The Bertz CT molecular complexity index is 1230. The number of nitrogens with zero attached hydrogens (tertiary/aromatic N) is 3. The molecule has 3 aromatic rings. The van der Waals surface area contributed by atoms with Crippen molar-refractivity contribution in [3.8, 4) is 0 Å². The highest BCUT2D eigenvalue weighted by Crippen LogP contribution is 2.33.